The van der Waals surface area contributed by atoms with E-state index in [0.29, 0.717) is 28.2 Å². The van der Waals surface area contributed by atoms with Gasteiger partial charge in [-0.1, -0.05) is 56.0 Å². The number of hydrogen-bond acceptors (Lipinski definition) is 7. The van der Waals surface area contributed by atoms with E-state index in [-0.39, 0.29) is 11.7 Å². The van der Waals surface area contributed by atoms with Gasteiger partial charge >= 0.3 is 5.97 Å². The van der Waals surface area contributed by atoms with Gasteiger partial charge in [0.05, 0.1) is 18.4 Å². The van der Waals surface area contributed by atoms with E-state index in [4.69, 9.17) is 4.74 Å². The highest BCUT2D eigenvalue weighted by Gasteiger charge is 2.22. The maximum absolute atomic E-state index is 12.7. The number of aromatic nitrogens is 3. The van der Waals surface area contributed by atoms with Crippen LogP contribution in [-0.4, -0.2) is 39.5 Å². The standard InChI is InChI=1S/C24H28N4O3S2/c1-7-12-28-21(18-10-8-17(9-11-18)14(2)3)26-27-24(28)32-13-19(29)25-22-20(23(30)31-6)15(4)16(5)33-22/h7-11,14H,1,12-13H2,2-6H3,(H,25,29). The lowest BCUT2D eigenvalue weighted by molar-refractivity contribution is -0.113. The van der Waals surface area contributed by atoms with Crippen molar-refractivity contribution < 1.29 is 14.3 Å². The molecule has 0 atom stereocenters. The van der Waals surface area contributed by atoms with E-state index in [1.54, 1.807) is 6.08 Å². The molecule has 0 aliphatic heterocycles. The third kappa shape index (κ3) is 5.54. The SMILES string of the molecule is C=CCn1c(SCC(=O)Nc2sc(C)c(C)c2C(=O)OC)nnc1-c1ccc(C(C)C)cc1. The number of carbonyl (C=O) groups excluding carboxylic acids is 2. The van der Waals surface area contributed by atoms with Gasteiger partial charge in [0.15, 0.2) is 11.0 Å². The molecule has 0 radical (unpaired) electrons. The maximum Gasteiger partial charge on any atom is 0.341 e. The number of amides is 1. The van der Waals surface area contributed by atoms with Crippen LogP contribution >= 0.6 is 23.1 Å². The highest BCUT2D eigenvalue weighted by Crippen LogP contribution is 2.33. The number of aryl methyl sites for hydroxylation is 1. The fourth-order valence-electron chi connectivity index (χ4n) is 3.28. The van der Waals surface area contributed by atoms with Crippen LogP contribution in [0.1, 0.15) is 46.1 Å². The van der Waals surface area contributed by atoms with Crippen molar-refractivity contribution in [3.63, 3.8) is 0 Å². The Kier molecular flexibility index (Phi) is 8.10. The van der Waals surface area contributed by atoms with Crippen LogP contribution in [0, 0.1) is 13.8 Å². The Bertz CT molecular complexity index is 1160. The first-order valence-electron chi connectivity index (χ1n) is 10.5. The number of esters is 1. The molecule has 2 aromatic heterocycles. The number of nitrogens with one attached hydrogen (secondary N) is 1. The zero-order chi connectivity index (χ0) is 24.1. The number of allylic oxidation sites excluding steroid dienone is 1. The fourth-order valence-corrected chi connectivity index (χ4v) is 5.09. The van der Waals surface area contributed by atoms with E-state index in [1.165, 1.54) is 35.8 Å². The first-order valence-corrected chi connectivity index (χ1v) is 12.3. The Morgan fingerprint density at radius 2 is 1.94 bits per heavy atom. The van der Waals surface area contributed by atoms with Crippen molar-refractivity contribution in [3.8, 4) is 11.4 Å². The molecule has 0 unspecified atom stereocenters. The molecule has 1 N–H and O–H groups in total. The molecule has 3 rings (SSSR count). The molecule has 7 nitrogen and oxygen atoms in total. The van der Waals surface area contributed by atoms with Crippen molar-refractivity contribution in [2.75, 3.05) is 18.2 Å². The first kappa shape index (κ1) is 24.7. The minimum Gasteiger partial charge on any atom is -0.465 e. The smallest absolute Gasteiger partial charge is 0.341 e. The highest BCUT2D eigenvalue weighted by molar-refractivity contribution is 7.99. The normalized spacial score (nSPS) is 11.0. The average Bonchev–Trinajstić information content (AvgIpc) is 3.32. The van der Waals surface area contributed by atoms with Crippen LogP contribution in [0.15, 0.2) is 42.1 Å². The van der Waals surface area contributed by atoms with Gasteiger partial charge in [-0.15, -0.1) is 28.1 Å². The Hall–Kier alpha value is -2.91. The summed E-state index contributed by atoms with van der Waals surface area (Å²) in [6.07, 6.45) is 1.78. The number of ether oxygens (including phenoxy) is 1. The van der Waals surface area contributed by atoms with Gasteiger partial charge in [0.1, 0.15) is 5.00 Å². The van der Waals surface area contributed by atoms with E-state index < -0.39 is 5.97 Å². The summed E-state index contributed by atoms with van der Waals surface area (Å²) in [5.41, 5.74) is 3.43. The van der Waals surface area contributed by atoms with Crippen molar-refractivity contribution >= 4 is 40.0 Å². The molecule has 0 spiro atoms. The largest absolute Gasteiger partial charge is 0.465 e. The van der Waals surface area contributed by atoms with Gasteiger partial charge in [-0.05, 0) is 30.9 Å². The third-order valence-electron chi connectivity index (χ3n) is 5.22. The van der Waals surface area contributed by atoms with E-state index in [0.717, 1.165) is 21.8 Å². The predicted molar refractivity (Wildman–Crippen MR) is 134 cm³/mol. The van der Waals surface area contributed by atoms with Crippen LogP contribution < -0.4 is 5.32 Å². The minimum atomic E-state index is -0.460. The first-order chi connectivity index (χ1) is 15.8. The number of thioether (sulfide) groups is 1. The molecule has 1 amide bonds. The zero-order valence-electron chi connectivity index (χ0n) is 19.5. The van der Waals surface area contributed by atoms with Crippen LogP contribution in [0.2, 0.25) is 0 Å². The lowest BCUT2D eigenvalue weighted by Crippen LogP contribution is -2.16. The van der Waals surface area contributed by atoms with Crippen molar-refractivity contribution in [2.24, 2.45) is 0 Å². The summed E-state index contributed by atoms with van der Waals surface area (Å²) in [6, 6.07) is 8.26. The number of hydrogen-bond donors (Lipinski definition) is 1. The monoisotopic (exact) mass is 484 g/mol. The van der Waals surface area contributed by atoms with Crippen LogP contribution in [0.3, 0.4) is 0 Å². The van der Waals surface area contributed by atoms with E-state index in [1.807, 2.05) is 30.5 Å². The molecule has 33 heavy (non-hydrogen) atoms. The fraction of sp³-hybridized carbons (Fsp3) is 0.333. The summed E-state index contributed by atoms with van der Waals surface area (Å²) in [6.45, 7) is 12.4. The molecule has 0 aliphatic carbocycles. The summed E-state index contributed by atoms with van der Waals surface area (Å²) >= 11 is 2.65. The van der Waals surface area contributed by atoms with E-state index in [9.17, 15) is 9.59 Å². The van der Waals surface area contributed by atoms with Crippen molar-refractivity contribution in [2.45, 2.75) is 45.3 Å². The van der Waals surface area contributed by atoms with Gasteiger partial charge in [-0.25, -0.2) is 4.79 Å². The summed E-state index contributed by atoms with van der Waals surface area (Å²) in [5.74, 6) is 0.607. The lowest BCUT2D eigenvalue weighted by atomic mass is 10.0. The van der Waals surface area contributed by atoms with Gasteiger partial charge in [0.25, 0.3) is 0 Å². The number of thiophene rings is 1. The Morgan fingerprint density at radius 1 is 1.24 bits per heavy atom. The van der Waals surface area contributed by atoms with Gasteiger partial charge < -0.3 is 10.1 Å². The zero-order valence-corrected chi connectivity index (χ0v) is 21.1. The number of carbonyl (C=O) groups is 2. The van der Waals surface area contributed by atoms with Crippen molar-refractivity contribution in [3.05, 3.63) is 58.5 Å². The maximum atomic E-state index is 12.7. The summed E-state index contributed by atoms with van der Waals surface area (Å²) < 4.78 is 6.81. The molecule has 0 bridgehead atoms. The summed E-state index contributed by atoms with van der Waals surface area (Å²) in [4.78, 5) is 25.8. The van der Waals surface area contributed by atoms with E-state index >= 15 is 0 Å². The summed E-state index contributed by atoms with van der Waals surface area (Å²) in [5, 5.41) is 12.6. The van der Waals surface area contributed by atoms with Crippen molar-refractivity contribution in [1.29, 1.82) is 0 Å². The second kappa shape index (κ2) is 10.8. The topological polar surface area (TPSA) is 86.1 Å². The van der Waals surface area contributed by atoms with Crippen LogP contribution in [0.4, 0.5) is 5.00 Å². The number of nitrogens with zero attached hydrogens (tertiary/aromatic N) is 3. The molecule has 174 valence electrons. The Labute approximate surface area is 202 Å². The molecule has 0 saturated heterocycles. The number of benzene rings is 1. The summed E-state index contributed by atoms with van der Waals surface area (Å²) in [7, 11) is 1.33. The molecule has 9 heteroatoms. The molecule has 0 aliphatic rings. The van der Waals surface area contributed by atoms with Crippen LogP contribution in [-0.2, 0) is 16.1 Å². The Morgan fingerprint density at radius 3 is 2.55 bits per heavy atom. The van der Waals surface area contributed by atoms with Crippen molar-refractivity contribution in [1.82, 2.24) is 14.8 Å². The number of rotatable bonds is 9. The number of methoxy groups -OCH3 is 1. The molecular weight excluding hydrogens is 456 g/mol. The van der Waals surface area contributed by atoms with Crippen LogP contribution in [0.25, 0.3) is 11.4 Å². The molecule has 0 fully saturated rings. The third-order valence-corrected chi connectivity index (χ3v) is 7.31. The van der Waals surface area contributed by atoms with E-state index in [2.05, 4.69) is 48.1 Å². The highest BCUT2D eigenvalue weighted by atomic mass is 32.2. The second-order valence-corrected chi connectivity index (χ2v) is 9.97. The minimum absolute atomic E-state index is 0.123. The van der Waals surface area contributed by atoms with Gasteiger partial charge in [0.2, 0.25) is 5.91 Å². The van der Waals surface area contributed by atoms with Gasteiger partial charge in [-0.3, -0.25) is 9.36 Å². The van der Waals surface area contributed by atoms with Crippen LogP contribution in [0.5, 0.6) is 0 Å². The Balaban J connectivity index is 1.75. The lowest BCUT2D eigenvalue weighted by Gasteiger charge is -2.10. The molecule has 0 saturated carbocycles. The van der Waals surface area contributed by atoms with Gasteiger partial charge in [0, 0.05) is 17.0 Å². The molecular formula is C24H28N4O3S2. The second-order valence-electron chi connectivity index (χ2n) is 7.80. The van der Waals surface area contributed by atoms with Gasteiger partial charge in [-0.2, -0.15) is 0 Å². The number of anilines is 1. The molecule has 1 aromatic carbocycles. The quantitative estimate of drug-likeness (QED) is 0.247. The molecule has 3 aromatic rings. The average molecular weight is 485 g/mol. The molecule has 2 heterocycles. The predicted octanol–water partition coefficient (Wildman–Crippen LogP) is 5.45.